The SMILES string of the molecule is CCC[C@H](CC(=O)[C@@H]1CCC[C@@H]1NC(=O)[C@@H](CC(=O)[C@@H](NC(=O)c1cnccn1)C1CCCCC1)CC(C)C)C(=O)C(=O)CCC(=O)N[C@H](C(=O)N(C)C)c1ccccc1. The molecule has 3 N–H and O–H groups in total. The van der Waals surface area contributed by atoms with E-state index in [1.54, 1.807) is 44.4 Å². The molecule has 2 aliphatic carbocycles. The second-order valence-corrected chi connectivity index (χ2v) is 17.2. The van der Waals surface area contributed by atoms with Gasteiger partial charge >= 0.3 is 0 Å². The number of ketones is 4. The molecule has 0 unspecified atom stereocenters. The highest BCUT2D eigenvalue weighted by atomic mass is 16.2. The van der Waals surface area contributed by atoms with E-state index < -0.39 is 59.3 Å². The zero-order chi connectivity index (χ0) is 43.8. The Morgan fingerprint density at radius 3 is 2.17 bits per heavy atom. The molecule has 4 rings (SSSR count). The maximum atomic E-state index is 14.1. The number of likely N-dealkylation sites (N-methyl/N-ethyl adjacent to an activating group) is 1. The second kappa shape index (κ2) is 23.6. The lowest BCUT2D eigenvalue weighted by atomic mass is 9.79. The molecule has 2 fully saturated rings. The Kier molecular flexibility index (Phi) is 18.7. The van der Waals surface area contributed by atoms with Gasteiger partial charge in [-0.05, 0) is 55.9 Å². The van der Waals surface area contributed by atoms with Gasteiger partial charge in [0.25, 0.3) is 5.91 Å². The van der Waals surface area contributed by atoms with Gasteiger partial charge in [-0.25, -0.2) is 4.98 Å². The first kappa shape index (κ1) is 47.5. The first-order valence-corrected chi connectivity index (χ1v) is 21.7. The highest BCUT2D eigenvalue weighted by molar-refractivity contribution is 6.38. The summed E-state index contributed by atoms with van der Waals surface area (Å²) in [6.45, 7) is 5.82. The number of aromatic nitrogens is 2. The van der Waals surface area contributed by atoms with Crippen molar-refractivity contribution in [2.24, 2.45) is 29.6 Å². The number of nitrogens with one attached hydrogen (secondary N) is 3. The molecule has 0 aliphatic heterocycles. The summed E-state index contributed by atoms with van der Waals surface area (Å²) in [5.74, 6) is -5.61. The maximum absolute atomic E-state index is 14.1. The van der Waals surface area contributed by atoms with Crippen molar-refractivity contribution in [1.82, 2.24) is 30.8 Å². The Balaban J connectivity index is 1.37. The fourth-order valence-electron chi connectivity index (χ4n) is 8.67. The molecule has 1 aromatic carbocycles. The highest BCUT2D eigenvalue weighted by Gasteiger charge is 2.39. The summed E-state index contributed by atoms with van der Waals surface area (Å²) in [6.07, 6.45) is 11.0. The van der Waals surface area contributed by atoms with Crippen molar-refractivity contribution in [3.05, 3.63) is 60.2 Å². The van der Waals surface area contributed by atoms with Crippen LogP contribution in [0.15, 0.2) is 48.9 Å². The van der Waals surface area contributed by atoms with Crippen LogP contribution < -0.4 is 16.0 Å². The number of hydrogen-bond donors (Lipinski definition) is 3. The minimum Gasteiger partial charge on any atom is -0.352 e. The van der Waals surface area contributed by atoms with Crippen molar-refractivity contribution in [2.45, 2.75) is 135 Å². The van der Waals surface area contributed by atoms with Gasteiger partial charge < -0.3 is 20.9 Å². The number of nitrogens with zero attached hydrogens (tertiary/aromatic N) is 3. The minimum absolute atomic E-state index is 0.0555. The predicted octanol–water partition coefficient (Wildman–Crippen LogP) is 5.30. The van der Waals surface area contributed by atoms with Gasteiger partial charge in [0.2, 0.25) is 23.5 Å². The largest absolute Gasteiger partial charge is 0.352 e. The lowest BCUT2D eigenvalue weighted by Crippen LogP contribution is -2.49. The van der Waals surface area contributed by atoms with Crippen LogP contribution in [0.5, 0.6) is 0 Å². The topological polar surface area (TPSA) is 202 Å². The summed E-state index contributed by atoms with van der Waals surface area (Å²) >= 11 is 0. The van der Waals surface area contributed by atoms with E-state index in [0.717, 1.165) is 32.1 Å². The zero-order valence-electron chi connectivity index (χ0n) is 36.0. The van der Waals surface area contributed by atoms with Crippen LogP contribution in [0.25, 0.3) is 0 Å². The molecule has 2 aliphatic rings. The summed E-state index contributed by atoms with van der Waals surface area (Å²) in [5.41, 5.74) is 0.698. The van der Waals surface area contributed by atoms with E-state index in [-0.39, 0.29) is 66.6 Å². The van der Waals surface area contributed by atoms with Crippen LogP contribution in [0.3, 0.4) is 0 Å². The smallest absolute Gasteiger partial charge is 0.272 e. The molecule has 2 aromatic rings. The fraction of sp³-hybridized carbons (Fsp3) is 0.609. The first-order chi connectivity index (χ1) is 28.7. The van der Waals surface area contributed by atoms with Crippen molar-refractivity contribution in [3.8, 4) is 0 Å². The molecule has 14 nitrogen and oxygen atoms in total. The predicted molar refractivity (Wildman–Crippen MR) is 225 cm³/mol. The molecule has 2 saturated carbocycles. The van der Waals surface area contributed by atoms with E-state index in [0.29, 0.717) is 44.1 Å². The Bertz CT molecular complexity index is 1800. The molecule has 1 heterocycles. The average Bonchev–Trinajstić information content (AvgIpc) is 3.71. The Morgan fingerprint density at radius 1 is 0.817 bits per heavy atom. The van der Waals surface area contributed by atoms with Crippen molar-refractivity contribution < 1.29 is 38.4 Å². The van der Waals surface area contributed by atoms with Gasteiger partial charge in [-0.1, -0.05) is 83.2 Å². The molecule has 326 valence electrons. The number of rotatable bonds is 23. The van der Waals surface area contributed by atoms with E-state index in [1.165, 1.54) is 23.5 Å². The summed E-state index contributed by atoms with van der Waals surface area (Å²) in [4.78, 5) is 117. The number of benzene rings is 1. The Labute approximate surface area is 354 Å². The second-order valence-electron chi connectivity index (χ2n) is 17.2. The van der Waals surface area contributed by atoms with Crippen molar-refractivity contribution in [3.63, 3.8) is 0 Å². The van der Waals surface area contributed by atoms with Crippen molar-refractivity contribution in [2.75, 3.05) is 14.1 Å². The molecular weight excluding hydrogens is 765 g/mol. The summed E-state index contributed by atoms with van der Waals surface area (Å²) in [6, 6.07) is 6.54. The molecule has 0 bridgehead atoms. The van der Waals surface area contributed by atoms with Gasteiger partial charge in [-0.15, -0.1) is 0 Å². The summed E-state index contributed by atoms with van der Waals surface area (Å²) < 4.78 is 0. The standard InChI is InChI=1S/C46H64N6O8/c1-6-14-32(43(57)37(53)21-22-40(56)50-42(46(60)52(4)5)31-17-11-8-12-18-31)26-38(54)34-19-13-20-35(34)49-44(58)33(25-29(2)3)27-39(55)41(30-15-9-7-10-16-30)51-45(59)36-28-47-23-24-48-36/h8,11-12,17-18,23-24,28-30,32-35,41-42H,6-7,9-10,13-16,19-22,25-27H2,1-5H3,(H,49,58)(H,50,56)(H,51,59)/t32-,33-,34-,35+,41+,42+/m1/s1. The van der Waals surface area contributed by atoms with Gasteiger partial charge in [0.05, 0.1) is 12.2 Å². The van der Waals surface area contributed by atoms with Gasteiger partial charge in [-0.2, -0.15) is 0 Å². The quantitative estimate of drug-likeness (QED) is 0.123. The zero-order valence-corrected chi connectivity index (χ0v) is 36.0. The van der Waals surface area contributed by atoms with Crippen LogP contribution >= 0.6 is 0 Å². The molecule has 60 heavy (non-hydrogen) atoms. The summed E-state index contributed by atoms with van der Waals surface area (Å²) in [5, 5.41) is 8.71. The fourth-order valence-corrected chi connectivity index (χ4v) is 8.67. The monoisotopic (exact) mass is 828 g/mol. The van der Waals surface area contributed by atoms with E-state index in [1.807, 2.05) is 20.8 Å². The molecule has 0 saturated heterocycles. The lowest BCUT2D eigenvalue weighted by Gasteiger charge is -2.31. The van der Waals surface area contributed by atoms with Crippen LogP contribution in [0, 0.1) is 29.6 Å². The Hall–Kier alpha value is -5.14. The highest BCUT2D eigenvalue weighted by Crippen LogP contribution is 2.32. The third kappa shape index (κ3) is 14.0. The van der Waals surface area contributed by atoms with Gasteiger partial charge in [0.15, 0.2) is 11.6 Å². The van der Waals surface area contributed by atoms with E-state index in [2.05, 4.69) is 25.9 Å². The van der Waals surface area contributed by atoms with Gasteiger partial charge in [0, 0.05) is 76.0 Å². The van der Waals surface area contributed by atoms with Crippen LogP contribution in [-0.4, -0.2) is 87.8 Å². The normalized spacial score (nSPS) is 18.7. The van der Waals surface area contributed by atoms with Gasteiger partial charge in [0.1, 0.15) is 17.5 Å². The molecule has 1 aromatic heterocycles. The number of hydrogen-bond acceptors (Lipinski definition) is 10. The van der Waals surface area contributed by atoms with Crippen LogP contribution in [-0.2, 0) is 33.6 Å². The third-order valence-electron chi connectivity index (χ3n) is 11.8. The van der Waals surface area contributed by atoms with E-state index in [9.17, 15) is 38.4 Å². The molecule has 4 amide bonds. The van der Waals surface area contributed by atoms with E-state index in [4.69, 9.17) is 0 Å². The molecular formula is C46H64N6O8. The van der Waals surface area contributed by atoms with Crippen molar-refractivity contribution >= 4 is 46.8 Å². The molecule has 6 atom stereocenters. The maximum Gasteiger partial charge on any atom is 0.272 e. The van der Waals surface area contributed by atoms with Crippen molar-refractivity contribution in [1.29, 1.82) is 0 Å². The molecule has 14 heteroatoms. The van der Waals surface area contributed by atoms with Gasteiger partial charge in [-0.3, -0.25) is 43.3 Å². The number of Topliss-reactive ketones (excluding diaryl/α,β-unsaturated/α-hetero) is 4. The van der Waals surface area contributed by atoms with E-state index >= 15 is 0 Å². The third-order valence-corrected chi connectivity index (χ3v) is 11.8. The van der Waals surface area contributed by atoms with Crippen LogP contribution in [0.2, 0.25) is 0 Å². The lowest BCUT2D eigenvalue weighted by molar-refractivity contribution is -0.141. The van der Waals surface area contributed by atoms with Crippen LogP contribution in [0.4, 0.5) is 0 Å². The van der Waals surface area contributed by atoms with Crippen LogP contribution in [0.1, 0.15) is 139 Å². The molecule has 0 radical (unpaired) electrons. The number of amides is 4. The number of carbonyl (C=O) groups is 8. The first-order valence-electron chi connectivity index (χ1n) is 21.7. The number of carbonyl (C=O) groups excluding carboxylic acids is 8. The minimum atomic E-state index is -0.951. The Morgan fingerprint density at radius 2 is 1.53 bits per heavy atom. The molecule has 0 spiro atoms. The average molecular weight is 829 g/mol. The summed E-state index contributed by atoms with van der Waals surface area (Å²) in [7, 11) is 3.16.